The number of amides is 2. The molecular formula is C16H21F3N3O3+. The van der Waals surface area contributed by atoms with E-state index in [0.717, 1.165) is 17.0 Å². The molecule has 0 aliphatic carbocycles. The second-order valence-corrected chi connectivity index (χ2v) is 5.90. The number of anilines is 1. The monoisotopic (exact) mass is 360 g/mol. The number of quaternary nitrogens is 1. The predicted molar refractivity (Wildman–Crippen MR) is 84.4 cm³/mol. The van der Waals surface area contributed by atoms with E-state index in [4.69, 9.17) is 0 Å². The zero-order valence-corrected chi connectivity index (χ0v) is 14.0. The molecular weight excluding hydrogens is 339 g/mol. The van der Waals surface area contributed by atoms with Gasteiger partial charge in [0.2, 0.25) is 0 Å². The first-order chi connectivity index (χ1) is 11.7. The lowest BCUT2D eigenvalue weighted by atomic mass is 10.1. The molecule has 1 aliphatic rings. The van der Waals surface area contributed by atoms with Crippen molar-refractivity contribution in [2.24, 2.45) is 0 Å². The van der Waals surface area contributed by atoms with Crippen molar-refractivity contribution in [3.63, 3.8) is 0 Å². The van der Waals surface area contributed by atoms with Crippen LogP contribution in [-0.4, -0.2) is 51.3 Å². The van der Waals surface area contributed by atoms with Crippen LogP contribution in [0.15, 0.2) is 24.3 Å². The Morgan fingerprint density at radius 3 is 2.48 bits per heavy atom. The highest BCUT2D eigenvalue weighted by molar-refractivity contribution is 5.93. The first-order valence-electron chi connectivity index (χ1n) is 7.88. The van der Waals surface area contributed by atoms with Crippen LogP contribution in [0.2, 0.25) is 0 Å². The van der Waals surface area contributed by atoms with Gasteiger partial charge < -0.3 is 14.5 Å². The Morgan fingerprint density at radius 2 is 1.92 bits per heavy atom. The van der Waals surface area contributed by atoms with Gasteiger partial charge in [-0.05, 0) is 25.1 Å². The van der Waals surface area contributed by atoms with Crippen molar-refractivity contribution in [2.45, 2.75) is 19.1 Å². The van der Waals surface area contributed by atoms with Gasteiger partial charge in [0, 0.05) is 5.69 Å². The highest BCUT2D eigenvalue weighted by Crippen LogP contribution is 2.31. The van der Waals surface area contributed by atoms with Gasteiger partial charge in [-0.25, -0.2) is 4.79 Å². The third kappa shape index (κ3) is 4.85. The average Bonchev–Trinajstić information content (AvgIpc) is 2.60. The summed E-state index contributed by atoms with van der Waals surface area (Å²) in [5.41, 5.74) is -0.161. The quantitative estimate of drug-likeness (QED) is 0.832. The zero-order chi connectivity index (χ0) is 18.6. The van der Waals surface area contributed by atoms with Crippen molar-refractivity contribution in [3.8, 4) is 0 Å². The summed E-state index contributed by atoms with van der Waals surface area (Å²) >= 11 is 0. The normalized spacial score (nSPS) is 17.1. The molecule has 6 nitrogen and oxygen atoms in total. The lowest BCUT2D eigenvalue weighted by Crippen LogP contribution is -3.19. The van der Waals surface area contributed by atoms with Gasteiger partial charge in [-0.2, -0.15) is 13.2 Å². The van der Waals surface area contributed by atoms with Gasteiger partial charge >= 0.3 is 12.3 Å². The number of nitrogens with one attached hydrogen (secondary N) is 2. The minimum atomic E-state index is -4.37. The second kappa shape index (κ2) is 7.73. The maximum absolute atomic E-state index is 12.8. The number of imide groups is 1. The second-order valence-electron chi connectivity index (χ2n) is 5.90. The third-order valence-electron chi connectivity index (χ3n) is 4.36. The van der Waals surface area contributed by atoms with Gasteiger partial charge in [0.15, 0.2) is 6.04 Å². The molecule has 0 radical (unpaired) electrons. The van der Waals surface area contributed by atoms with Gasteiger partial charge in [-0.15, -0.1) is 0 Å². The molecule has 0 aromatic heterocycles. The number of benzene rings is 1. The molecule has 0 spiro atoms. The number of hydrogen-bond donors (Lipinski definition) is 2. The van der Waals surface area contributed by atoms with Crippen molar-refractivity contribution in [3.05, 3.63) is 29.8 Å². The number of alkyl carbamates (subject to hydrolysis) is 1. The Hall–Kier alpha value is -2.29. The number of hydrogen-bond acceptors (Lipinski definition) is 4. The van der Waals surface area contributed by atoms with Crippen LogP contribution in [0.3, 0.4) is 0 Å². The Morgan fingerprint density at radius 1 is 1.28 bits per heavy atom. The summed E-state index contributed by atoms with van der Waals surface area (Å²) in [6, 6.07) is 4.77. The van der Waals surface area contributed by atoms with Gasteiger partial charge in [-0.1, -0.05) is 6.07 Å². The smallest absolute Gasteiger partial charge is 0.416 e. The van der Waals surface area contributed by atoms with E-state index in [0.29, 0.717) is 31.9 Å². The number of methoxy groups -OCH3 is 1. The Bertz CT molecular complexity index is 629. The van der Waals surface area contributed by atoms with Crippen molar-refractivity contribution in [1.82, 2.24) is 5.32 Å². The Labute approximate surface area is 143 Å². The molecule has 0 bridgehead atoms. The number of carbonyl (C=O) groups is 2. The van der Waals surface area contributed by atoms with E-state index in [-0.39, 0.29) is 0 Å². The van der Waals surface area contributed by atoms with Gasteiger partial charge in [0.1, 0.15) is 0 Å². The van der Waals surface area contributed by atoms with Crippen molar-refractivity contribution < 1.29 is 32.4 Å². The van der Waals surface area contributed by atoms with Crippen molar-refractivity contribution >= 4 is 17.7 Å². The van der Waals surface area contributed by atoms with Gasteiger partial charge in [-0.3, -0.25) is 10.1 Å². The molecule has 1 atom stereocenters. The summed E-state index contributed by atoms with van der Waals surface area (Å²) in [6.45, 7) is 3.89. The highest BCUT2D eigenvalue weighted by atomic mass is 19.4. The maximum Gasteiger partial charge on any atom is 0.416 e. The number of nitrogens with zero attached hydrogens (tertiary/aromatic N) is 1. The molecule has 1 aliphatic heterocycles. The Kier molecular flexibility index (Phi) is 5.89. The molecule has 2 rings (SSSR count). The minimum Gasteiger partial charge on any atom is -0.453 e. The lowest BCUT2D eigenvalue weighted by molar-refractivity contribution is -0.914. The van der Waals surface area contributed by atoms with E-state index >= 15 is 0 Å². The molecule has 2 N–H and O–H groups in total. The van der Waals surface area contributed by atoms with Crippen LogP contribution in [0, 0.1) is 0 Å². The first-order valence-corrected chi connectivity index (χ1v) is 7.88. The summed E-state index contributed by atoms with van der Waals surface area (Å²) in [6.07, 6.45) is -5.18. The molecule has 25 heavy (non-hydrogen) atoms. The summed E-state index contributed by atoms with van der Waals surface area (Å²) in [5, 5.41) is 2.13. The molecule has 1 heterocycles. The topological polar surface area (TPSA) is 63.1 Å². The maximum atomic E-state index is 12.8. The fraction of sp³-hybridized carbons (Fsp3) is 0.500. The standard InChI is InChI=1S/C16H20F3N3O3/c1-11(14(23)20-15(24)25-2)21-6-8-22(9-7-21)13-5-3-4-12(10-13)16(17,18)19/h3-5,10-11H,6-9H2,1-2H3,(H,20,23,24)/p+1/t11-/m0/s1. The van der Waals surface area contributed by atoms with E-state index < -0.39 is 29.8 Å². The van der Waals surface area contributed by atoms with Crippen LogP contribution >= 0.6 is 0 Å². The van der Waals surface area contributed by atoms with Crippen LogP contribution in [-0.2, 0) is 15.7 Å². The van der Waals surface area contributed by atoms with Gasteiger partial charge in [0.25, 0.3) is 5.91 Å². The Balaban J connectivity index is 1.95. The van der Waals surface area contributed by atoms with Crippen LogP contribution in [0.25, 0.3) is 0 Å². The molecule has 138 valence electrons. The van der Waals surface area contributed by atoms with Crippen LogP contribution in [0.4, 0.5) is 23.7 Å². The number of piperazine rings is 1. The van der Waals surface area contributed by atoms with E-state index in [1.165, 1.54) is 13.2 Å². The minimum absolute atomic E-state index is 0.436. The summed E-state index contributed by atoms with van der Waals surface area (Å²) in [5.74, 6) is -0.436. The fourth-order valence-corrected chi connectivity index (χ4v) is 2.81. The average molecular weight is 360 g/mol. The number of alkyl halides is 3. The summed E-state index contributed by atoms with van der Waals surface area (Å²) in [7, 11) is 1.17. The fourth-order valence-electron chi connectivity index (χ4n) is 2.81. The number of halogens is 3. The van der Waals surface area contributed by atoms with Crippen LogP contribution in [0.5, 0.6) is 0 Å². The molecule has 1 aromatic carbocycles. The van der Waals surface area contributed by atoms with Crippen LogP contribution < -0.4 is 15.1 Å². The first kappa shape index (κ1) is 19.0. The number of ether oxygens (including phenoxy) is 1. The molecule has 2 amide bonds. The van der Waals surface area contributed by atoms with E-state index in [9.17, 15) is 22.8 Å². The molecule has 1 fully saturated rings. The van der Waals surface area contributed by atoms with E-state index in [2.05, 4.69) is 10.1 Å². The number of carbonyl (C=O) groups excluding carboxylic acids is 2. The largest absolute Gasteiger partial charge is 0.453 e. The summed E-state index contributed by atoms with van der Waals surface area (Å²) in [4.78, 5) is 25.9. The summed E-state index contributed by atoms with van der Waals surface area (Å²) < 4.78 is 42.9. The lowest BCUT2D eigenvalue weighted by Gasteiger charge is -2.36. The highest BCUT2D eigenvalue weighted by Gasteiger charge is 2.33. The van der Waals surface area contributed by atoms with E-state index in [1.54, 1.807) is 13.0 Å². The van der Waals surface area contributed by atoms with E-state index in [1.807, 2.05) is 4.90 Å². The predicted octanol–water partition coefficient (Wildman–Crippen LogP) is 0.681. The van der Waals surface area contributed by atoms with Gasteiger partial charge in [0.05, 0.1) is 38.9 Å². The van der Waals surface area contributed by atoms with Crippen molar-refractivity contribution in [1.29, 1.82) is 0 Å². The molecule has 0 saturated carbocycles. The third-order valence-corrected chi connectivity index (χ3v) is 4.36. The number of rotatable bonds is 3. The molecule has 9 heteroatoms. The zero-order valence-electron chi connectivity index (χ0n) is 14.0. The van der Waals surface area contributed by atoms with Crippen LogP contribution in [0.1, 0.15) is 12.5 Å². The van der Waals surface area contributed by atoms with Crippen molar-refractivity contribution in [2.75, 3.05) is 38.2 Å². The molecule has 0 unspecified atom stereocenters. The SMILES string of the molecule is COC(=O)NC(=O)[C@H](C)[NH+]1CCN(c2cccc(C(F)(F)F)c2)CC1. The molecule has 1 saturated heterocycles. The molecule has 1 aromatic rings.